The summed E-state index contributed by atoms with van der Waals surface area (Å²) in [5.74, 6) is 1.80. The molecule has 0 radical (unpaired) electrons. The molecule has 0 aliphatic heterocycles. The van der Waals surface area contributed by atoms with Crippen LogP contribution in [-0.4, -0.2) is 15.0 Å². The van der Waals surface area contributed by atoms with E-state index in [1.54, 1.807) is 11.3 Å². The van der Waals surface area contributed by atoms with Gasteiger partial charge in [-0.15, -0.1) is 11.3 Å². The summed E-state index contributed by atoms with van der Waals surface area (Å²) in [6.45, 7) is 4.54. The number of rotatable bonds is 4. The van der Waals surface area contributed by atoms with Crippen LogP contribution in [0, 0.1) is 0 Å². The fourth-order valence-corrected chi connectivity index (χ4v) is 13.7. The third kappa shape index (κ3) is 5.20. The summed E-state index contributed by atoms with van der Waals surface area (Å²) < 4.78 is 9.19. The van der Waals surface area contributed by atoms with Crippen molar-refractivity contribution in [1.29, 1.82) is 0 Å². The van der Waals surface area contributed by atoms with Crippen LogP contribution >= 0.6 is 11.3 Å². The normalized spacial score (nSPS) is 13.5. The molecule has 10 aromatic carbocycles. The van der Waals surface area contributed by atoms with E-state index in [2.05, 4.69) is 213 Å². The van der Waals surface area contributed by atoms with Crippen LogP contribution in [0.3, 0.4) is 0 Å². The van der Waals surface area contributed by atoms with Gasteiger partial charge < -0.3 is 4.42 Å². The highest BCUT2D eigenvalue weighted by Crippen LogP contribution is 2.64. The highest BCUT2D eigenvalue weighted by Gasteiger charge is 2.52. The van der Waals surface area contributed by atoms with Gasteiger partial charge in [-0.1, -0.05) is 189 Å². The van der Waals surface area contributed by atoms with Crippen LogP contribution in [-0.2, 0) is 5.41 Å². The van der Waals surface area contributed by atoms with Gasteiger partial charge in [0.1, 0.15) is 11.2 Å². The SMILES string of the molecule is C=C1c2ccccc2-c2c1cccc2-c1nc(-c2ccc3c(c2)sc2ccccc23)nc(-c2cccc3oc4ccc(-c5cccc6c5-c5ccccc5C65c6ccccc6-c6ccccc65)cc4c23)n1. The molecular formula is C66H37N3OS. The molecule has 0 atom stereocenters. The molecule has 0 unspecified atom stereocenters. The Morgan fingerprint density at radius 2 is 0.915 bits per heavy atom. The molecular weight excluding hydrogens is 883 g/mol. The molecule has 3 aliphatic rings. The zero-order valence-electron chi connectivity index (χ0n) is 38.1. The van der Waals surface area contributed by atoms with Gasteiger partial charge in [0.2, 0.25) is 0 Å². The number of furan rings is 1. The zero-order chi connectivity index (χ0) is 46.5. The molecule has 3 aliphatic carbocycles. The van der Waals surface area contributed by atoms with Crippen molar-refractivity contribution >= 4 is 59.0 Å². The van der Waals surface area contributed by atoms with Gasteiger partial charge in [-0.25, -0.2) is 15.0 Å². The van der Waals surface area contributed by atoms with E-state index in [9.17, 15) is 0 Å². The first-order chi connectivity index (χ1) is 35.1. The molecule has 0 saturated carbocycles. The fourth-order valence-electron chi connectivity index (χ4n) is 12.6. The monoisotopic (exact) mass is 919 g/mol. The molecule has 0 amide bonds. The Balaban J connectivity index is 0.918. The Labute approximate surface area is 412 Å². The Morgan fingerprint density at radius 1 is 0.352 bits per heavy atom. The summed E-state index contributed by atoms with van der Waals surface area (Å²) in [6, 6.07) is 76.8. The maximum atomic E-state index is 6.75. The quantitative estimate of drug-likeness (QED) is 0.176. The van der Waals surface area contributed by atoms with Gasteiger partial charge in [-0.3, -0.25) is 0 Å². The van der Waals surface area contributed by atoms with E-state index in [4.69, 9.17) is 19.4 Å². The van der Waals surface area contributed by atoms with Crippen molar-refractivity contribution in [3.05, 3.63) is 252 Å². The molecule has 1 spiro atoms. The lowest BCUT2D eigenvalue weighted by molar-refractivity contribution is 0.669. The van der Waals surface area contributed by atoms with Gasteiger partial charge in [0.25, 0.3) is 0 Å². The van der Waals surface area contributed by atoms with Crippen molar-refractivity contribution in [1.82, 2.24) is 15.0 Å². The molecule has 71 heavy (non-hydrogen) atoms. The average Bonchev–Trinajstić information content (AvgIpc) is 4.23. The van der Waals surface area contributed by atoms with E-state index in [1.807, 2.05) is 6.07 Å². The predicted octanol–water partition coefficient (Wildman–Crippen LogP) is 17.2. The van der Waals surface area contributed by atoms with Crippen LogP contribution in [0.25, 0.3) is 126 Å². The summed E-state index contributed by atoms with van der Waals surface area (Å²) in [4.78, 5) is 16.2. The lowest BCUT2D eigenvalue weighted by Gasteiger charge is -2.30. The van der Waals surface area contributed by atoms with E-state index in [-0.39, 0.29) is 0 Å². The van der Waals surface area contributed by atoms with Gasteiger partial charge in [-0.05, 0) is 108 Å². The van der Waals surface area contributed by atoms with Crippen molar-refractivity contribution in [3.63, 3.8) is 0 Å². The van der Waals surface area contributed by atoms with E-state index >= 15 is 0 Å². The Hall–Kier alpha value is -9.03. The minimum Gasteiger partial charge on any atom is -0.456 e. The molecule has 13 aromatic rings. The molecule has 3 heterocycles. The van der Waals surface area contributed by atoms with Gasteiger partial charge in [-0.2, -0.15) is 0 Å². The third-order valence-electron chi connectivity index (χ3n) is 15.5. The largest absolute Gasteiger partial charge is 0.456 e. The minimum atomic E-state index is -0.432. The zero-order valence-corrected chi connectivity index (χ0v) is 38.9. The fraction of sp³-hybridized carbons (Fsp3) is 0.0152. The second-order valence-electron chi connectivity index (χ2n) is 19.0. The van der Waals surface area contributed by atoms with Crippen LogP contribution in [0.2, 0.25) is 0 Å². The van der Waals surface area contributed by atoms with Crippen molar-refractivity contribution in [2.75, 3.05) is 0 Å². The van der Waals surface area contributed by atoms with Crippen LogP contribution in [0.4, 0.5) is 0 Å². The second-order valence-corrected chi connectivity index (χ2v) is 20.1. The lowest BCUT2D eigenvalue weighted by atomic mass is 9.70. The van der Waals surface area contributed by atoms with Crippen molar-refractivity contribution in [3.8, 4) is 78.7 Å². The number of thiophene rings is 1. The first kappa shape index (κ1) is 38.9. The summed E-state index contributed by atoms with van der Waals surface area (Å²) in [5.41, 5.74) is 22.1. The molecule has 0 saturated heterocycles. The van der Waals surface area contributed by atoms with E-state index in [0.29, 0.717) is 17.5 Å². The molecule has 4 nitrogen and oxygen atoms in total. The Kier molecular flexibility index (Phi) is 7.81. The molecule has 0 N–H and O–H groups in total. The molecule has 16 rings (SSSR count). The van der Waals surface area contributed by atoms with Crippen molar-refractivity contribution in [2.24, 2.45) is 0 Å². The Bertz CT molecular complexity index is 4470. The molecule has 328 valence electrons. The van der Waals surface area contributed by atoms with E-state index < -0.39 is 5.41 Å². The standard InChI is InChI=1S/C66H37N3OS/c1-37-40-15-2-3-19-47(40)60-41(37)21-12-23-49(60)64-67-63(39-31-33-46-45-18-7-11-30-58(45)71-59(46)36-39)68-65(69-64)50-24-14-29-57-62(50)51-35-38(32-34-56(51)70-57)42-22-13-28-55-61(42)48-20-6-10-27-54(48)66(55)52-25-8-4-16-43(52)44-17-5-9-26-53(44)66/h2-36H,1H2. The number of aromatic nitrogens is 3. The number of hydrogen-bond acceptors (Lipinski definition) is 5. The summed E-state index contributed by atoms with van der Waals surface area (Å²) in [7, 11) is 0. The second kappa shape index (κ2) is 14.3. The Morgan fingerprint density at radius 3 is 1.73 bits per heavy atom. The van der Waals surface area contributed by atoms with Crippen molar-refractivity contribution < 1.29 is 4.42 Å². The number of benzene rings is 10. The molecule has 5 heteroatoms. The predicted molar refractivity (Wildman–Crippen MR) is 292 cm³/mol. The van der Waals surface area contributed by atoms with Gasteiger partial charge in [0.15, 0.2) is 17.5 Å². The molecule has 0 bridgehead atoms. The van der Waals surface area contributed by atoms with Crippen LogP contribution in [0.15, 0.2) is 223 Å². The van der Waals surface area contributed by atoms with Gasteiger partial charge in [0.05, 0.1) is 5.41 Å². The van der Waals surface area contributed by atoms with E-state index in [1.165, 1.54) is 70.2 Å². The smallest absolute Gasteiger partial charge is 0.164 e. The number of fused-ring (bicyclic) bond motifs is 19. The van der Waals surface area contributed by atoms with Gasteiger partial charge >= 0.3 is 0 Å². The van der Waals surface area contributed by atoms with Crippen LogP contribution in [0.5, 0.6) is 0 Å². The molecule has 3 aromatic heterocycles. The van der Waals surface area contributed by atoms with Crippen LogP contribution < -0.4 is 0 Å². The average molecular weight is 920 g/mol. The number of hydrogen-bond donors (Lipinski definition) is 0. The van der Waals surface area contributed by atoms with E-state index in [0.717, 1.165) is 72.0 Å². The topological polar surface area (TPSA) is 51.8 Å². The maximum absolute atomic E-state index is 6.75. The first-order valence-electron chi connectivity index (χ1n) is 24.1. The van der Waals surface area contributed by atoms with Crippen LogP contribution in [0.1, 0.15) is 33.4 Å². The first-order valence-corrected chi connectivity index (χ1v) is 24.9. The highest BCUT2D eigenvalue weighted by atomic mass is 32.1. The van der Waals surface area contributed by atoms with Crippen molar-refractivity contribution in [2.45, 2.75) is 5.41 Å². The summed E-state index contributed by atoms with van der Waals surface area (Å²) >= 11 is 1.79. The third-order valence-corrected chi connectivity index (χ3v) is 16.6. The number of nitrogens with zero attached hydrogens (tertiary/aromatic N) is 3. The van der Waals surface area contributed by atoms with Gasteiger partial charge in [0, 0.05) is 53.2 Å². The minimum absolute atomic E-state index is 0.432. The summed E-state index contributed by atoms with van der Waals surface area (Å²) in [5, 5.41) is 4.45. The molecule has 0 fully saturated rings. The lowest BCUT2D eigenvalue weighted by Crippen LogP contribution is -2.25. The highest BCUT2D eigenvalue weighted by molar-refractivity contribution is 7.25. The maximum Gasteiger partial charge on any atom is 0.164 e. The summed E-state index contributed by atoms with van der Waals surface area (Å²) in [6.07, 6.45) is 0.